The lowest BCUT2D eigenvalue weighted by Gasteiger charge is -2.09. The van der Waals surface area contributed by atoms with Gasteiger partial charge in [-0.25, -0.2) is 4.98 Å². The third-order valence-corrected chi connectivity index (χ3v) is 3.84. The summed E-state index contributed by atoms with van der Waals surface area (Å²) in [6, 6.07) is 5.84. The maximum atomic E-state index is 11.4. The van der Waals surface area contributed by atoms with Gasteiger partial charge < -0.3 is 13.9 Å². The summed E-state index contributed by atoms with van der Waals surface area (Å²) in [5.41, 5.74) is 2.76. The molecule has 0 fully saturated rings. The average Bonchev–Trinajstić information content (AvgIpc) is 3.10. The highest BCUT2D eigenvalue weighted by Crippen LogP contribution is 2.28. The molecule has 0 aliphatic rings. The van der Waals surface area contributed by atoms with Gasteiger partial charge >= 0.3 is 0 Å². The standard InChI is InChI=1S/C16H17N3O2/c1-12-15(10-20)14-9-13(21-2)3-4-16(14)19(12)8-7-18-6-5-17-11-18/h3-6,9-11H,7-8H2,1-2H3. The summed E-state index contributed by atoms with van der Waals surface area (Å²) < 4.78 is 9.44. The van der Waals surface area contributed by atoms with Crippen molar-refractivity contribution in [1.29, 1.82) is 0 Å². The monoisotopic (exact) mass is 283 g/mol. The number of aromatic nitrogens is 3. The number of ether oxygens (including phenoxy) is 1. The Kier molecular flexibility index (Phi) is 3.48. The van der Waals surface area contributed by atoms with Gasteiger partial charge in [0.2, 0.25) is 0 Å². The first-order valence-corrected chi connectivity index (χ1v) is 6.82. The normalized spacial score (nSPS) is 11.0. The molecule has 0 spiro atoms. The second-order valence-corrected chi connectivity index (χ2v) is 4.95. The number of benzene rings is 1. The number of carbonyl (C=O) groups excluding carboxylic acids is 1. The fourth-order valence-corrected chi connectivity index (χ4v) is 2.69. The van der Waals surface area contributed by atoms with Crippen LogP contribution in [0, 0.1) is 6.92 Å². The molecule has 0 saturated heterocycles. The molecule has 0 unspecified atom stereocenters. The van der Waals surface area contributed by atoms with Crippen LogP contribution in [0.2, 0.25) is 0 Å². The molecule has 0 radical (unpaired) electrons. The van der Waals surface area contributed by atoms with E-state index in [9.17, 15) is 4.79 Å². The van der Waals surface area contributed by atoms with Crippen LogP contribution in [0.5, 0.6) is 5.75 Å². The Morgan fingerprint density at radius 3 is 2.86 bits per heavy atom. The van der Waals surface area contributed by atoms with Crippen molar-refractivity contribution in [3.8, 4) is 5.75 Å². The molecule has 0 amide bonds. The maximum Gasteiger partial charge on any atom is 0.152 e. The first kappa shape index (κ1) is 13.4. The van der Waals surface area contributed by atoms with Gasteiger partial charge in [0, 0.05) is 47.6 Å². The molecule has 2 heterocycles. The number of rotatable bonds is 5. The number of aldehydes is 1. The molecule has 0 aliphatic heterocycles. The lowest BCUT2D eigenvalue weighted by atomic mass is 10.1. The zero-order valence-electron chi connectivity index (χ0n) is 12.1. The first-order valence-electron chi connectivity index (χ1n) is 6.82. The smallest absolute Gasteiger partial charge is 0.152 e. The maximum absolute atomic E-state index is 11.4. The van der Waals surface area contributed by atoms with Crippen LogP contribution in [0.1, 0.15) is 16.1 Å². The van der Waals surface area contributed by atoms with Crippen LogP contribution in [0.4, 0.5) is 0 Å². The SMILES string of the molecule is COc1ccc2c(c1)c(C=O)c(C)n2CCn1ccnc1. The van der Waals surface area contributed by atoms with Crippen molar-refractivity contribution in [1.82, 2.24) is 14.1 Å². The number of fused-ring (bicyclic) bond motifs is 1. The van der Waals surface area contributed by atoms with Gasteiger partial charge in [-0.3, -0.25) is 4.79 Å². The zero-order valence-corrected chi connectivity index (χ0v) is 12.1. The van der Waals surface area contributed by atoms with Crippen molar-refractivity contribution >= 4 is 17.2 Å². The topological polar surface area (TPSA) is 49.0 Å². The van der Waals surface area contributed by atoms with E-state index in [4.69, 9.17) is 4.74 Å². The molecular formula is C16H17N3O2. The van der Waals surface area contributed by atoms with E-state index >= 15 is 0 Å². The van der Waals surface area contributed by atoms with E-state index < -0.39 is 0 Å². The lowest BCUT2D eigenvalue weighted by molar-refractivity contribution is 0.112. The third kappa shape index (κ3) is 2.31. The van der Waals surface area contributed by atoms with Gasteiger partial charge in [0.1, 0.15) is 5.75 Å². The van der Waals surface area contributed by atoms with E-state index in [1.807, 2.05) is 35.9 Å². The summed E-state index contributed by atoms with van der Waals surface area (Å²) in [7, 11) is 1.63. The van der Waals surface area contributed by atoms with Crippen LogP contribution in [0.25, 0.3) is 10.9 Å². The van der Waals surface area contributed by atoms with Crippen LogP contribution in [-0.4, -0.2) is 27.5 Å². The molecule has 5 heteroatoms. The summed E-state index contributed by atoms with van der Waals surface area (Å²) >= 11 is 0. The minimum Gasteiger partial charge on any atom is -0.497 e. The molecule has 0 saturated carbocycles. The Hall–Kier alpha value is -2.56. The molecule has 0 aliphatic carbocycles. The summed E-state index contributed by atoms with van der Waals surface area (Å²) in [5.74, 6) is 0.761. The van der Waals surface area contributed by atoms with Crippen molar-refractivity contribution in [2.24, 2.45) is 0 Å². The van der Waals surface area contributed by atoms with Gasteiger partial charge in [0.25, 0.3) is 0 Å². The fraction of sp³-hybridized carbons (Fsp3) is 0.250. The van der Waals surface area contributed by atoms with Crippen molar-refractivity contribution in [3.63, 3.8) is 0 Å². The second kappa shape index (κ2) is 5.44. The summed E-state index contributed by atoms with van der Waals surface area (Å²) in [5, 5.41) is 0.937. The van der Waals surface area contributed by atoms with E-state index in [2.05, 4.69) is 9.55 Å². The fourth-order valence-electron chi connectivity index (χ4n) is 2.69. The van der Waals surface area contributed by atoms with Crippen LogP contribution in [0.3, 0.4) is 0 Å². The van der Waals surface area contributed by atoms with E-state index in [0.717, 1.165) is 47.3 Å². The van der Waals surface area contributed by atoms with Gasteiger partial charge in [-0.05, 0) is 25.1 Å². The molecule has 0 N–H and O–H groups in total. The molecule has 3 rings (SSSR count). The molecule has 3 aromatic rings. The number of hydrogen-bond acceptors (Lipinski definition) is 3. The second-order valence-electron chi connectivity index (χ2n) is 4.95. The lowest BCUT2D eigenvalue weighted by Crippen LogP contribution is -2.07. The van der Waals surface area contributed by atoms with Crippen LogP contribution >= 0.6 is 0 Å². The number of carbonyl (C=O) groups is 1. The molecule has 21 heavy (non-hydrogen) atoms. The highest BCUT2D eigenvalue weighted by atomic mass is 16.5. The molecular weight excluding hydrogens is 266 g/mol. The zero-order chi connectivity index (χ0) is 14.8. The minimum atomic E-state index is 0.731. The van der Waals surface area contributed by atoms with E-state index in [1.54, 1.807) is 19.6 Å². The Bertz CT molecular complexity index is 773. The van der Waals surface area contributed by atoms with E-state index in [0.29, 0.717) is 0 Å². The predicted molar refractivity (Wildman–Crippen MR) is 80.8 cm³/mol. The number of hydrogen-bond donors (Lipinski definition) is 0. The van der Waals surface area contributed by atoms with Gasteiger partial charge in [-0.2, -0.15) is 0 Å². The number of aryl methyl sites for hydroxylation is 2. The van der Waals surface area contributed by atoms with Crippen molar-refractivity contribution in [3.05, 3.63) is 48.2 Å². The number of methoxy groups -OCH3 is 1. The van der Waals surface area contributed by atoms with Crippen molar-refractivity contribution in [2.45, 2.75) is 20.0 Å². The van der Waals surface area contributed by atoms with Gasteiger partial charge in [0.15, 0.2) is 6.29 Å². The Labute approximate surface area is 122 Å². The average molecular weight is 283 g/mol. The molecule has 1 aromatic carbocycles. The summed E-state index contributed by atoms with van der Waals surface area (Å²) in [6.45, 7) is 3.58. The number of imidazole rings is 1. The van der Waals surface area contributed by atoms with Crippen molar-refractivity contribution in [2.75, 3.05) is 7.11 Å². The largest absolute Gasteiger partial charge is 0.497 e. The van der Waals surface area contributed by atoms with Crippen molar-refractivity contribution < 1.29 is 9.53 Å². The summed E-state index contributed by atoms with van der Waals surface area (Å²) in [4.78, 5) is 15.5. The minimum absolute atomic E-state index is 0.731. The van der Waals surface area contributed by atoms with Crippen LogP contribution in [0.15, 0.2) is 36.9 Å². The van der Waals surface area contributed by atoms with Gasteiger partial charge in [0.05, 0.1) is 13.4 Å². The molecule has 5 nitrogen and oxygen atoms in total. The Balaban J connectivity index is 2.04. The van der Waals surface area contributed by atoms with Gasteiger partial charge in [-0.15, -0.1) is 0 Å². The molecule has 108 valence electrons. The van der Waals surface area contributed by atoms with E-state index in [-0.39, 0.29) is 0 Å². The first-order chi connectivity index (χ1) is 10.2. The molecule has 2 aromatic heterocycles. The molecule has 0 bridgehead atoms. The van der Waals surface area contributed by atoms with E-state index in [1.165, 1.54) is 0 Å². The Morgan fingerprint density at radius 2 is 2.19 bits per heavy atom. The highest BCUT2D eigenvalue weighted by Gasteiger charge is 2.14. The third-order valence-electron chi connectivity index (χ3n) is 3.84. The molecule has 0 atom stereocenters. The predicted octanol–water partition coefficient (Wildman–Crippen LogP) is 2.67. The quantitative estimate of drug-likeness (QED) is 0.676. The van der Waals surface area contributed by atoms with Crippen LogP contribution < -0.4 is 4.74 Å². The van der Waals surface area contributed by atoms with Gasteiger partial charge in [-0.1, -0.05) is 0 Å². The Morgan fingerprint density at radius 1 is 1.33 bits per heavy atom. The summed E-state index contributed by atoms with van der Waals surface area (Å²) in [6.07, 6.45) is 6.42. The number of nitrogens with zero attached hydrogens (tertiary/aromatic N) is 3. The van der Waals surface area contributed by atoms with Crippen LogP contribution in [-0.2, 0) is 13.1 Å². The highest BCUT2D eigenvalue weighted by molar-refractivity contribution is 6.00.